The summed E-state index contributed by atoms with van der Waals surface area (Å²) >= 11 is 0. The van der Waals surface area contributed by atoms with Crippen molar-refractivity contribution in [1.29, 1.82) is 0 Å². The average molecular weight is 360 g/mol. The number of likely N-dealkylation sites (tertiary alicyclic amines) is 1. The zero-order valence-electron chi connectivity index (χ0n) is 15.4. The minimum absolute atomic E-state index is 0.0154. The molecule has 0 spiro atoms. The van der Waals surface area contributed by atoms with E-state index in [1.165, 1.54) is 20.0 Å². The van der Waals surface area contributed by atoms with E-state index in [-0.39, 0.29) is 18.0 Å². The maximum absolute atomic E-state index is 13.0. The number of rotatable bonds is 4. The number of hydrogen-bond acceptors (Lipinski definition) is 5. The molecule has 1 atom stereocenters. The van der Waals surface area contributed by atoms with Crippen molar-refractivity contribution in [2.45, 2.75) is 25.3 Å². The Balaban J connectivity index is 1.70. The second kappa shape index (κ2) is 8.40. The van der Waals surface area contributed by atoms with Crippen molar-refractivity contribution in [2.75, 3.05) is 52.1 Å². The molecule has 0 bridgehead atoms. The Bertz CT molecular complexity index is 645. The topological polar surface area (TPSA) is 79.1 Å². The first kappa shape index (κ1) is 18.5. The lowest BCUT2D eigenvalue weighted by atomic mass is 10.1. The zero-order chi connectivity index (χ0) is 18.5. The highest BCUT2D eigenvalue weighted by Gasteiger charge is 2.34. The average Bonchev–Trinajstić information content (AvgIpc) is 3.16. The number of para-hydroxylation sites is 1. The van der Waals surface area contributed by atoms with E-state index in [1.807, 2.05) is 29.2 Å². The number of nitrogen functional groups attached to an aromatic ring is 1. The highest BCUT2D eigenvalue weighted by molar-refractivity contribution is 5.81. The molecule has 1 unspecified atom stereocenters. The third kappa shape index (κ3) is 4.27. The molecule has 7 nitrogen and oxygen atoms in total. The maximum atomic E-state index is 13.0. The molecule has 26 heavy (non-hydrogen) atoms. The minimum Gasteiger partial charge on any atom is -0.453 e. The number of carbonyl (C=O) groups is 2. The molecule has 142 valence electrons. The van der Waals surface area contributed by atoms with E-state index in [2.05, 4.69) is 4.90 Å². The molecule has 0 radical (unpaired) electrons. The van der Waals surface area contributed by atoms with Crippen LogP contribution in [0.2, 0.25) is 0 Å². The fourth-order valence-electron chi connectivity index (χ4n) is 3.86. The van der Waals surface area contributed by atoms with E-state index in [0.29, 0.717) is 31.7 Å². The Labute approximate surface area is 154 Å². The predicted molar refractivity (Wildman–Crippen MR) is 99.7 cm³/mol. The first-order chi connectivity index (χ1) is 12.6. The molecule has 2 heterocycles. The number of methoxy groups -OCH3 is 1. The number of hydrogen-bond donors (Lipinski definition) is 1. The maximum Gasteiger partial charge on any atom is 0.409 e. The molecule has 2 aliphatic heterocycles. The van der Waals surface area contributed by atoms with Crippen molar-refractivity contribution >= 4 is 17.7 Å². The molecule has 2 N–H and O–H groups in total. The lowest BCUT2D eigenvalue weighted by molar-refractivity contribution is -0.135. The van der Waals surface area contributed by atoms with Crippen molar-refractivity contribution in [3.8, 4) is 0 Å². The Morgan fingerprint density at radius 1 is 1.15 bits per heavy atom. The van der Waals surface area contributed by atoms with Crippen LogP contribution in [0.3, 0.4) is 0 Å². The molecule has 2 saturated heterocycles. The molecular formula is C19H28N4O3. The fraction of sp³-hybridized carbons (Fsp3) is 0.579. The lowest BCUT2D eigenvalue weighted by Crippen LogP contribution is -2.59. The van der Waals surface area contributed by atoms with E-state index in [4.69, 9.17) is 10.5 Å². The number of anilines is 1. The van der Waals surface area contributed by atoms with Crippen LogP contribution in [0.25, 0.3) is 0 Å². The number of benzene rings is 1. The molecule has 3 rings (SSSR count). The van der Waals surface area contributed by atoms with Crippen molar-refractivity contribution in [2.24, 2.45) is 0 Å². The van der Waals surface area contributed by atoms with Crippen molar-refractivity contribution < 1.29 is 14.3 Å². The van der Waals surface area contributed by atoms with Gasteiger partial charge in [0.25, 0.3) is 0 Å². The fourth-order valence-corrected chi connectivity index (χ4v) is 3.86. The summed E-state index contributed by atoms with van der Waals surface area (Å²) in [7, 11) is 1.40. The number of ether oxygens (including phenoxy) is 1. The molecule has 2 amide bonds. The quantitative estimate of drug-likeness (QED) is 0.816. The lowest BCUT2D eigenvalue weighted by Gasteiger charge is -2.42. The van der Waals surface area contributed by atoms with Crippen LogP contribution >= 0.6 is 0 Å². The van der Waals surface area contributed by atoms with Crippen LogP contribution in [0.5, 0.6) is 0 Å². The van der Waals surface area contributed by atoms with E-state index >= 15 is 0 Å². The second-order valence-electron chi connectivity index (χ2n) is 7.04. The first-order valence-electron chi connectivity index (χ1n) is 9.26. The summed E-state index contributed by atoms with van der Waals surface area (Å²) in [5.74, 6) is 0.0663. The molecule has 2 aliphatic rings. The molecule has 0 aliphatic carbocycles. The van der Waals surface area contributed by atoms with Crippen LogP contribution in [0.1, 0.15) is 18.4 Å². The molecule has 2 fully saturated rings. The van der Waals surface area contributed by atoms with Gasteiger partial charge in [-0.3, -0.25) is 4.79 Å². The van der Waals surface area contributed by atoms with Crippen LogP contribution < -0.4 is 5.73 Å². The van der Waals surface area contributed by atoms with Gasteiger partial charge < -0.3 is 25.2 Å². The van der Waals surface area contributed by atoms with Crippen LogP contribution in [0.4, 0.5) is 10.5 Å². The number of nitrogens with two attached hydrogens (primary N) is 1. The van der Waals surface area contributed by atoms with Crippen LogP contribution in [-0.4, -0.2) is 79.1 Å². The summed E-state index contributed by atoms with van der Waals surface area (Å²) in [5, 5.41) is 0. The Morgan fingerprint density at radius 3 is 2.58 bits per heavy atom. The minimum atomic E-state index is -0.323. The Kier molecular flexibility index (Phi) is 5.98. The van der Waals surface area contributed by atoms with Crippen LogP contribution in [0.15, 0.2) is 24.3 Å². The van der Waals surface area contributed by atoms with Crippen LogP contribution in [0, 0.1) is 0 Å². The van der Waals surface area contributed by atoms with Gasteiger partial charge in [0.15, 0.2) is 0 Å². The van der Waals surface area contributed by atoms with E-state index in [0.717, 1.165) is 25.2 Å². The third-order valence-corrected chi connectivity index (χ3v) is 5.30. The Morgan fingerprint density at radius 2 is 1.88 bits per heavy atom. The molecule has 7 heteroatoms. The molecule has 1 aromatic rings. The van der Waals surface area contributed by atoms with Crippen LogP contribution in [-0.2, 0) is 16.0 Å². The molecular weight excluding hydrogens is 332 g/mol. The van der Waals surface area contributed by atoms with Crippen molar-refractivity contribution in [3.05, 3.63) is 29.8 Å². The normalized spacial score (nSPS) is 21.0. The van der Waals surface area contributed by atoms with E-state index in [9.17, 15) is 9.59 Å². The largest absolute Gasteiger partial charge is 0.453 e. The first-order valence-corrected chi connectivity index (χ1v) is 9.26. The van der Waals surface area contributed by atoms with E-state index in [1.54, 1.807) is 4.90 Å². The van der Waals surface area contributed by atoms with Crippen molar-refractivity contribution in [1.82, 2.24) is 14.7 Å². The highest BCUT2D eigenvalue weighted by Crippen LogP contribution is 2.19. The van der Waals surface area contributed by atoms with Gasteiger partial charge in [-0.25, -0.2) is 4.79 Å². The number of piperazine rings is 1. The zero-order valence-corrected chi connectivity index (χ0v) is 15.4. The van der Waals surface area contributed by atoms with E-state index < -0.39 is 0 Å². The van der Waals surface area contributed by atoms with Gasteiger partial charge in [-0.15, -0.1) is 0 Å². The predicted octanol–water partition coefficient (Wildman–Crippen LogP) is 1.19. The Hall–Kier alpha value is -2.28. The van der Waals surface area contributed by atoms with Gasteiger partial charge in [0, 0.05) is 31.9 Å². The SMILES string of the molecule is COC(=O)N1CCN(C(=O)Cc2ccccc2N)C(CN2CCCC2)C1. The highest BCUT2D eigenvalue weighted by atomic mass is 16.5. The summed E-state index contributed by atoms with van der Waals surface area (Å²) in [5.41, 5.74) is 7.49. The van der Waals surface area contributed by atoms with Gasteiger partial charge in [-0.1, -0.05) is 18.2 Å². The van der Waals surface area contributed by atoms with Gasteiger partial charge in [0.05, 0.1) is 19.6 Å². The second-order valence-corrected chi connectivity index (χ2v) is 7.04. The monoisotopic (exact) mass is 360 g/mol. The van der Waals surface area contributed by atoms with Crippen molar-refractivity contribution in [3.63, 3.8) is 0 Å². The van der Waals surface area contributed by atoms with Gasteiger partial charge in [-0.05, 0) is 37.6 Å². The molecule has 1 aromatic carbocycles. The molecule has 0 saturated carbocycles. The summed E-state index contributed by atoms with van der Waals surface area (Å²) in [6, 6.07) is 7.47. The smallest absolute Gasteiger partial charge is 0.409 e. The summed E-state index contributed by atoms with van der Waals surface area (Å²) in [4.78, 5) is 30.9. The van der Waals surface area contributed by atoms with Gasteiger partial charge in [0.2, 0.25) is 5.91 Å². The van der Waals surface area contributed by atoms with Gasteiger partial charge in [0.1, 0.15) is 0 Å². The standard InChI is InChI=1S/C19H28N4O3/c1-26-19(25)22-10-11-23(16(14-22)13-21-8-4-5-9-21)18(24)12-15-6-2-3-7-17(15)20/h2-3,6-7,16H,4-5,8-14,20H2,1H3. The summed E-state index contributed by atoms with van der Waals surface area (Å²) in [6.07, 6.45) is 2.36. The number of carbonyl (C=O) groups excluding carboxylic acids is 2. The number of nitrogens with zero attached hydrogens (tertiary/aromatic N) is 3. The molecule has 0 aromatic heterocycles. The summed E-state index contributed by atoms with van der Waals surface area (Å²) in [6.45, 7) is 4.45. The number of amides is 2. The third-order valence-electron chi connectivity index (χ3n) is 5.30. The van der Waals surface area contributed by atoms with Gasteiger partial charge >= 0.3 is 6.09 Å². The van der Waals surface area contributed by atoms with Gasteiger partial charge in [-0.2, -0.15) is 0 Å². The summed E-state index contributed by atoms with van der Waals surface area (Å²) < 4.78 is 4.87.